The fourth-order valence-electron chi connectivity index (χ4n) is 1.41. The molecule has 2 aromatic heterocycles. The molecule has 2 rings (SSSR count). The minimum absolute atomic E-state index is 0.0650. The highest BCUT2D eigenvalue weighted by atomic mass is 16.4. The zero-order chi connectivity index (χ0) is 11.5. The summed E-state index contributed by atoms with van der Waals surface area (Å²) in [5, 5.41) is 17.8. The van der Waals surface area contributed by atoms with Gasteiger partial charge in [0.15, 0.2) is 5.82 Å². The maximum Gasteiger partial charge on any atom is 0.339 e. The van der Waals surface area contributed by atoms with E-state index in [1.165, 1.54) is 16.8 Å². The molecule has 0 saturated carbocycles. The zero-order valence-electron chi connectivity index (χ0n) is 8.16. The molecule has 5 heteroatoms. The van der Waals surface area contributed by atoms with Gasteiger partial charge in [0.2, 0.25) is 0 Å². The predicted molar refractivity (Wildman–Crippen MR) is 55.2 cm³/mol. The number of hydrogen-bond donors (Lipinski definition) is 1. The lowest BCUT2D eigenvalue weighted by atomic mass is 10.2. The Kier molecular flexibility index (Phi) is 2.40. The minimum Gasteiger partial charge on any atom is -0.478 e. The van der Waals surface area contributed by atoms with E-state index in [2.05, 4.69) is 4.98 Å². The van der Waals surface area contributed by atoms with Crippen molar-refractivity contribution in [3.8, 4) is 11.9 Å². The first kappa shape index (κ1) is 9.93. The van der Waals surface area contributed by atoms with Crippen molar-refractivity contribution in [3.63, 3.8) is 0 Å². The van der Waals surface area contributed by atoms with E-state index in [1.54, 1.807) is 24.4 Å². The fourth-order valence-corrected chi connectivity index (χ4v) is 1.41. The van der Waals surface area contributed by atoms with Gasteiger partial charge in [0.1, 0.15) is 17.3 Å². The van der Waals surface area contributed by atoms with E-state index in [4.69, 9.17) is 10.4 Å². The highest BCUT2D eigenvalue weighted by molar-refractivity contribution is 5.91. The van der Waals surface area contributed by atoms with Crippen LogP contribution in [0.3, 0.4) is 0 Å². The Labute approximate surface area is 91.2 Å². The molecule has 78 valence electrons. The highest BCUT2D eigenvalue weighted by Gasteiger charge is 2.13. The first-order valence-electron chi connectivity index (χ1n) is 4.50. The van der Waals surface area contributed by atoms with Gasteiger partial charge in [-0.1, -0.05) is 0 Å². The molecule has 0 fully saturated rings. The van der Waals surface area contributed by atoms with E-state index in [0.717, 1.165) is 0 Å². The van der Waals surface area contributed by atoms with Gasteiger partial charge in [-0.25, -0.2) is 9.78 Å². The van der Waals surface area contributed by atoms with Gasteiger partial charge in [-0.05, 0) is 24.3 Å². The summed E-state index contributed by atoms with van der Waals surface area (Å²) in [6.07, 6.45) is 3.09. The maximum absolute atomic E-state index is 11.0. The summed E-state index contributed by atoms with van der Waals surface area (Å²) in [6.45, 7) is 0. The summed E-state index contributed by atoms with van der Waals surface area (Å²) in [6, 6.07) is 8.23. The first-order valence-corrected chi connectivity index (χ1v) is 4.50. The van der Waals surface area contributed by atoms with Crippen molar-refractivity contribution in [2.75, 3.05) is 0 Å². The van der Waals surface area contributed by atoms with Crippen molar-refractivity contribution in [1.29, 1.82) is 5.26 Å². The van der Waals surface area contributed by atoms with Crippen LogP contribution in [0.4, 0.5) is 0 Å². The molecule has 1 N–H and O–H groups in total. The summed E-state index contributed by atoms with van der Waals surface area (Å²) in [5.74, 6) is -0.822. The number of carboxylic acids is 1. The van der Waals surface area contributed by atoms with Crippen molar-refractivity contribution in [2.24, 2.45) is 0 Å². The van der Waals surface area contributed by atoms with Crippen molar-refractivity contribution in [2.45, 2.75) is 0 Å². The Hall–Kier alpha value is -2.61. The Balaban J connectivity index is 2.66. The molecular formula is C11H7N3O2. The molecule has 0 saturated heterocycles. The molecule has 0 unspecified atom stereocenters. The summed E-state index contributed by atoms with van der Waals surface area (Å²) >= 11 is 0. The number of carboxylic acid groups (broad SMARTS) is 1. The predicted octanol–water partition coefficient (Wildman–Crippen LogP) is 1.44. The quantitative estimate of drug-likeness (QED) is 0.818. The Morgan fingerprint density at radius 1 is 1.44 bits per heavy atom. The highest BCUT2D eigenvalue weighted by Crippen LogP contribution is 2.14. The maximum atomic E-state index is 11.0. The van der Waals surface area contributed by atoms with Gasteiger partial charge >= 0.3 is 5.97 Å². The van der Waals surface area contributed by atoms with Crippen LogP contribution in [0.1, 0.15) is 16.1 Å². The van der Waals surface area contributed by atoms with Crippen LogP contribution in [0.5, 0.6) is 0 Å². The summed E-state index contributed by atoms with van der Waals surface area (Å²) in [5.41, 5.74) is 0.413. The van der Waals surface area contributed by atoms with E-state index >= 15 is 0 Å². The van der Waals surface area contributed by atoms with Gasteiger partial charge in [-0.15, -0.1) is 0 Å². The molecule has 0 aliphatic carbocycles. The lowest BCUT2D eigenvalue weighted by Crippen LogP contribution is -2.07. The molecule has 0 aromatic carbocycles. The van der Waals surface area contributed by atoms with E-state index in [0.29, 0.717) is 5.69 Å². The second-order valence-electron chi connectivity index (χ2n) is 3.05. The molecule has 16 heavy (non-hydrogen) atoms. The molecule has 0 aliphatic heterocycles. The topological polar surface area (TPSA) is 78.9 Å². The van der Waals surface area contributed by atoms with Crippen LogP contribution in [0.25, 0.3) is 5.82 Å². The largest absolute Gasteiger partial charge is 0.478 e. The molecule has 0 radical (unpaired) electrons. The summed E-state index contributed by atoms with van der Waals surface area (Å²) < 4.78 is 1.45. The second kappa shape index (κ2) is 3.87. The molecule has 2 heterocycles. The first-order chi connectivity index (χ1) is 7.74. The average molecular weight is 213 g/mol. The summed E-state index contributed by atoms with van der Waals surface area (Å²) in [7, 11) is 0. The van der Waals surface area contributed by atoms with Crippen molar-refractivity contribution in [1.82, 2.24) is 9.55 Å². The van der Waals surface area contributed by atoms with Gasteiger partial charge in [-0.2, -0.15) is 5.26 Å². The monoisotopic (exact) mass is 213 g/mol. The van der Waals surface area contributed by atoms with Gasteiger partial charge in [0.05, 0.1) is 0 Å². The van der Waals surface area contributed by atoms with Crippen LogP contribution in [0, 0.1) is 11.3 Å². The van der Waals surface area contributed by atoms with Crippen LogP contribution in [-0.4, -0.2) is 20.6 Å². The molecule has 0 bridgehead atoms. The molecule has 2 aromatic rings. The minimum atomic E-state index is -1.07. The SMILES string of the molecule is N#Cc1cccn1-c1ncccc1C(=O)O. The molecule has 0 amide bonds. The number of aromatic carboxylic acids is 1. The lowest BCUT2D eigenvalue weighted by Gasteiger charge is -2.06. The number of carbonyl (C=O) groups is 1. The third kappa shape index (κ3) is 1.53. The third-order valence-corrected chi connectivity index (χ3v) is 2.11. The van der Waals surface area contributed by atoms with Crippen LogP contribution in [0.2, 0.25) is 0 Å². The third-order valence-electron chi connectivity index (χ3n) is 2.11. The Bertz CT molecular complexity index is 581. The van der Waals surface area contributed by atoms with Crippen molar-refractivity contribution >= 4 is 5.97 Å². The standard InChI is InChI=1S/C11H7N3O2/c12-7-8-3-2-6-14(8)10-9(11(15)16)4-1-5-13-10/h1-6H,(H,15,16). The Morgan fingerprint density at radius 3 is 2.94 bits per heavy atom. The van der Waals surface area contributed by atoms with E-state index in [-0.39, 0.29) is 11.4 Å². The van der Waals surface area contributed by atoms with Crippen molar-refractivity contribution < 1.29 is 9.90 Å². The van der Waals surface area contributed by atoms with E-state index in [1.807, 2.05) is 6.07 Å². The summed E-state index contributed by atoms with van der Waals surface area (Å²) in [4.78, 5) is 15.0. The number of nitrogens with zero attached hydrogens (tertiary/aromatic N) is 3. The van der Waals surface area contributed by atoms with Gasteiger partial charge in [-0.3, -0.25) is 4.57 Å². The average Bonchev–Trinajstić information content (AvgIpc) is 2.76. The molecule has 0 aliphatic rings. The number of pyridine rings is 1. The zero-order valence-corrected chi connectivity index (χ0v) is 8.16. The molecule has 0 atom stereocenters. The van der Waals surface area contributed by atoms with Gasteiger partial charge in [0.25, 0.3) is 0 Å². The van der Waals surface area contributed by atoms with Crippen LogP contribution in [-0.2, 0) is 0 Å². The second-order valence-corrected chi connectivity index (χ2v) is 3.05. The molecular weight excluding hydrogens is 206 g/mol. The normalized spacial score (nSPS) is 9.69. The Morgan fingerprint density at radius 2 is 2.25 bits per heavy atom. The lowest BCUT2D eigenvalue weighted by molar-refractivity contribution is 0.0696. The van der Waals surface area contributed by atoms with Crippen LogP contribution < -0.4 is 0 Å². The number of rotatable bonds is 2. The van der Waals surface area contributed by atoms with Gasteiger partial charge in [0, 0.05) is 12.4 Å². The van der Waals surface area contributed by atoms with E-state index < -0.39 is 5.97 Å². The molecule has 0 spiro atoms. The van der Waals surface area contributed by atoms with Crippen LogP contribution >= 0.6 is 0 Å². The smallest absolute Gasteiger partial charge is 0.339 e. The van der Waals surface area contributed by atoms with Crippen LogP contribution in [0.15, 0.2) is 36.7 Å². The number of aromatic nitrogens is 2. The number of hydrogen-bond acceptors (Lipinski definition) is 3. The molecule has 5 nitrogen and oxygen atoms in total. The fraction of sp³-hybridized carbons (Fsp3) is 0. The van der Waals surface area contributed by atoms with E-state index in [9.17, 15) is 4.79 Å². The number of nitriles is 1. The van der Waals surface area contributed by atoms with Gasteiger partial charge < -0.3 is 5.11 Å². The van der Waals surface area contributed by atoms with Crippen molar-refractivity contribution in [3.05, 3.63) is 47.9 Å².